The first-order valence-corrected chi connectivity index (χ1v) is 7.78. The molecular formula is C17H29N3O. The monoisotopic (exact) mass is 291 g/mol. The highest BCUT2D eigenvalue weighted by Gasteiger charge is 2.17. The zero-order valence-electron chi connectivity index (χ0n) is 14.1. The molecule has 0 fully saturated rings. The average Bonchev–Trinajstić information content (AvgIpc) is 2.43. The molecule has 0 atom stereocenters. The number of hydrogen-bond acceptors (Lipinski definition) is 3. The van der Waals surface area contributed by atoms with Crippen LogP contribution in [0.1, 0.15) is 36.2 Å². The smallest absolute Gasteiger partial charge is 0.255 e. The first-order chi connectivity index (χ1) is 9.99. The van der Waals surface area contributed by atoms with Gasteiger partial charge in [-0.1, -0.05) is 6.07 Å². The number of aryl methyl sites for hydroxylation is 1. The van der Waals surface area contributed by atoms with E-state index in [4.69, 9.17) is 0 Å². The highest BCUT2D eigenvalue weighted by molar-refractivity contribution is 5.99. The maximum Gasteiger partial charge on any atom is 0.255 e. The molecule has 0 saturated carbocycles. The van der Waals surface area contributed by atoms with E-state index in [1.54, 1.807) is 0 Å². The summed E-state index contributed by atoms with van der Waals surface area (Å²) in [4.78, 5) is 16.8. The van der Waals surface area contributed by atoms with Crippen LogP contribution in [0.2, 0.25) is 0 Å². The summed E-state index contributed by atoms with van der Waals surface area (Å²) in [5.41, 5.74) is 2.88. The Labute approximate surface area is 129 Å². The molecule has 1 aromatic carbocycles. The summed E-state index contributed by atoms with van der Waals surface area (Å²) in [6.07, 6.45) is 0.995. The lowest BCUT2D eigenvalue weighted by Gasteiger charge is -2.23. The summed E-state index contributed by atoms with van der Waals surface area (Å²) in [5, 5.41) is 3.30. The number of anilines is 1. The molecule has 0 bridgehead atoms. The third-order valence-electron chi connectivity index (χ3n) is 3.47. The van der Waals surface area contributed by atoms with Gasteiger partial charge in [0.1, 0.15) is 0 Å². The van der Waals surface area contributed by atoms with Crippen molar-refractivity contribution >= 4 is 11.6 Å². The summed E-state index contributed by atoms with van der Waals surface area (Å²) in [6, 6.07) is 5.98. The normalized spacial score (nSPS) is 10.8. The van der Waals surface area contributed by atoms with Gasteiger partial charge in [0, 0.05) is 25.3 Å². The molecule has 0 unspecified atom stereocenters. The van der Waals surface area contributed by atoms with Crippen LogP contribution in [0.25, 0.3) is 0 Å². The standard InChI is InChI=1S/C17H29N3O/c1-6-18-16-13-14(3)9-10-15(16)17(21)20(7-2)12-8-11-19(4)5/h9-10,13,18H,6-8,11-12H2,1-5H3. The summed E-state index contributed by atoms with van der Waals surface area (Å²) in [5.74, 6) is 0.118. The largest absolute Gasteiger partial charge is 0.385 e. The Hall–Kier alpha value is -1.55. The summed E-state index contributed by atoms with van der Waals surface area (Å²) < 4.78 is 0. The Balaban J connectivity index is 2.84. The van der Waals surface area contributed by atoms with Gasteiger partial charge in [-0.05, 0) is 65.5 Å². The Morgan fingerprint density at radius 3 is 2.48 bits per heavy atom. The van der Waals surface area contributed by atoms with Crippen molar-refractivity contribution in [1.82, 2.24) is 9.80 Å². The fourth-order valence-electron chi connectivity index (χ4n) is 2.33. The van der Waals surface area contributed by atoms with E-state index in [1.807, 2.05) is 43.9 Å². The number of carbonyl (C=O) groups excluding carboxylic acids is 1. The first kappa shape index (κ1) is 17.5. The fourth-order valence-corrected chi connectivity index (χ4v) is 2.33. The van der Waals surface area contributed by atoms with Gasteiger partial charge in [0.25, 0.3) is 5.91 Å². The van der Waals surface area contributed by atoms with Crippen LogP contribution in [-0.4, -0.2) is 56.0 Å². The van der Waals surface area contributed by atoms with Gasteiger partial charge in [-0.25, -0.2) is 0 Å². The highest BCUT2D eigenvalue weighted by atomic mass is 16.2. The zero-order chi connectivity index (χ0) is 15.8. The van der Waals surface area contributed by atoms with Gasteiger partial charge in [0.15, 0.2) is 0 Å². The predicted molar refractivity (Wildman–Crippen MR) is 90.1 cm³/mol. The molecule has 0 heterocycles. The van der Waals surface area contributed by atoms with E-state index in [-0.39, 0.29) is 5.91 Å². The van der Waals surface area contributed by atoms with Crippen molar-refractivity contribution in [2.45, 2.75) is 27.2 Å². The number of hydrogen-bond donors (Lipinski definition) is 1. The van der Waals surface area contributed by atoms with Crippen LogP contribution >= 0.6 is 0 Å². The summed E-state index contributed by atoms with van der Waals surface area (Å²) in [6.45, 7) is 9.48. The lowest BCUT2D eigenvalue weighted by molar-refractivity contribution is 0.0760. The number of nitrogens with one attached hydrogen (secondary N) is 1. The number of amides is 1. The third-order valence-corrected chi connectivity index (χ3v) is 3.47. The van der Waals surface area contributed by atoms with E-state index < -0.39 is 0 Å². The minimum atomic E-state index is 0.118. The van der Waals surface area contributed by atoms with Crippen LogP contribution in [0.3, 0.4) is 0 Å². The molecular weight excluding hydrogens is 262 g/mol. The topological polar surface area (TPSA) is 35.6 Å². The molecule has 1 aromatic rings. The molecule has 118 valence electrons. The maximum absolute atomic E-state index is 12.7. The molecule has 0 aliphatic rings. The van der Waals surface area contributed by atoms with Crippen LogP contribution in [0.4, 0.5) is 5.69 Å². The minimum Gasteiger partial charge on any atom is -0.385 e. The van der Waals surface area contributed by atoms with Crippen LogP contribution < -0.4 is 5.32 Å². The van der Waals surface area contributed by atoms with Crippen molar-refractivity contribution in [2.24, 2.45) is 0 Å². The predicted octanol–water partition coefficient (Wildman–Crippen LogP) is 2.84. The second-order valence-electron chi connectivity index (χ2n) is 5.62. The number of carbonyl (C=O) groups is 1. The lowest BCUT2D eigenvalue weighted by Crippen LogP contribution is -2.33. The molecule has 0 radical (unpaired) electrons. The quantitative estimate of drug-likeness (QED) is 0.800. The van der Waals surface area contributed by atoms with Crippen LogP contribution in [0.5, 0.6) is 0 Å². The molecule has 21 heavy (non-hydrogen) atoms. The van der Waals surface area contributed by atoms with E-state index in [0.717, 1.165) is 49.4 Å². The fraction of sp³-hybridized carbons (Fsp3) is 0.588. The number of nitrogens with zero attached hydrogens (tertiary/aromatic N) is 2. The van der Waals surface area contributed by atoms with Crippen molar-refractivity contribution in [2.75, 3.05) is 45.6 Å². The van der Waals surface area contributed by atoms with Gasteiger partial charge in [0.2, 0.25) is 0 Å². The van der Waals surface area contributed by atoms with Gasteiger partial charge in [-0.2, -0.15) is 0 Å². The Bertz CT molecular complexity index is 457. The van der Waals surface area contributed by atoms with E-state index in [0.29, 0.717) is 0 Å². The Morgan fingerprint density at radius 2 is 1.90 bits per heavy atom. The van der Waals surface area contributed by atoms with Crippen LogP contribution in [-0.2, 0) is 0 Å². The molecule has 0 saturated heterocycles. The molecule has 1 N–H and O–H groups in total. The molecule has 4 nitrogen and oxygen atoms in total. The van der Waals surface area contributed by atoms with Gasteiger partial charge in [-0.3, -0.25) is 4.79 Å². The van der Waals surface area contributed by atoms with E-state index in [2.05, 4.69) is 24.3 Å². The summed E-state index contributed by atoms with van der Waals surface area (Å²) in [7, 11) is 4.11. The van der Waals surface area contributed by atoms with Crippen LogP contribution in [0.15, 0.2) is 18.2 Å². The Morgan fingerprint density at radius 1 is 1.19 bits per heavy atom. The zero-order valence-corrected chi connectivity index (χ0v) is 14.1. The third kappa shape index (κ3) is 5.38. The second-order valence-corrected chi connectivity index (χ2v) is 5.62. The number of rotatable bonds is 8. The molecule has 4 heteroatoms. The number of benzene rings is 1. The SMILES string of the molecule is CCNc1cc(C)ccc1C(=O)N(CC)CCCN(C)C. The maximum atomic E-state index is 12.7. The van der Waals surface area contributed by atoms with Crippen molar-refractivity contribution in [1.29, 1.82) is 0 Å². The second kappa shape index (κ2) is 8.67. The van der Waals surface area contributed by atoms with Crippen molar-refractivity contribution < 1.29 is 4.79 Å². The van der Waals surface area contributed by atoms with Gasteiger partial charge >= 0.3 is 0 Å². The van der Waals surface area contributed by atoms with E-state index in [9.17, 15) is 4.79 Å². The molecule has 0 aliphatic carbocycles. The minimum absolute atomic E-state index is 0.118. The summed E-state index contributed by atoms with van der Waals surface area (Å²) >= 11 is 0. The van der Waals surface area contributed by atoms with Gasteiger partial charge < -0.3 is 15.1 Å². The van der Waals surface area contributed by atoms with Crippen LogP contribution in [0, 0.1) is 6.92 Å². The first-order valence-electron chi connectivity index (χ1n) is 7.78. The Kier molecular flexibility index (Phi) is 7.23. The van der Waals surface area contributed by atoms with Gasteiger partial charge in [0.05, 0.1) is 5.56 Å². The highest BCUT2D eigenvalue weighted by Crippen LogP contribution is 2.19. The molecule has 1 rings (SSSR count). The molecule has 0 aliphatic heterocycles. The molecule has 1 amide bonds. The molecule has 0 aromatic heterocycles. The van der Waals surface area contributed by atoms with Crippen molar-refractivity contribution in [3.8, 4) is 0 Å². The molecule has 0 spiro atoms. The lowest BCUT2D eigenvalue weighted by atomic mass is 10.1. The van der Waals surface area contributed by atoms with E-state index in [1.165, 1.54) is 0 Å². The van der Waals surface area contributed by atoms with E-state index >= 15 is 0 Å². The van der Waals surface area contributed by atoms with Crippen molar-refractivity contribution in [3.63, 3.8) is 0 Å². The van der Waals surface area contributed by atoms with Gasteiger partial charge in [-0.15, -0.1) is 0 Å². The average molecular weight is 291 g/mol. The van der Waals surface area contributed by atoms with Crippen molar-refractivity contribution in [3.05, 3.63) is 29.3 Å².